The quantitative estimate of drug-likeness (QED) is 0.192. The Balaban J connectivity index is 0. The van der Waals surface area contributed by atoms with Gasteiger partial charge in [-0.05, 0) is 127 Å². The Hall–Kier alpha value is -1.60. The second-order valence-corrected chi connectivity index (χ2v) is 9.81. The molecule has 0 rings (SSSR count). The molecule has 33 heavy (non-hydrogen) atoms. The van der Waals surface area contributed by atoms with E-state index in [1.807, 2.05) is 0 Å². The highest BCUT2D eigenvalue weighted by Gasteiger charge is 1.94. The average Bonchev–Trinajstić information content (AvgIpc) is 2.71. The van der Waals surface area contributed by atoms with Crippen LogP contribution in [0.25, 0.3) is 0 Å². The first kappa shape index (κ1) is 33.6. The fourth-order valence-corrected chi connectivity index (χ4v) is 3.34. The van der Waals surface area contributed by atoms with E-state index < -0.39 is 0 Å². The lowest BCUT2D eigenvalue weighted by Gasteiger charge is -2.02. The molecular formula is C32H56O. The largest absolute Gasteiger partial charge is 0.397 e. The summed E-state index contributed by atoms with van der Waals surface area (Å²) in [4.78, 5) is 0. The number of aliphatic hydroxyl groups excluding tert-OH is 1. The first-order valence-electron chi connectivity index (χ1n) is 13.1. The Morgan fingerprint density at radius 2 is 0.636 bits per heavy atom. The lowest BCUT2D eigenvalue weighted by Crippen LogP contribution is -1.82. The summed E-state index contributed by atoms with van der Waals surface area (Å²) in [6, 6.07) is 0. The van der Waals surface area contributed by atoms with Gasteiger partial charge in [0.15, 0.2) is 0 Å². The van der Waals surface area contributed by atoms with Crippen molar-refractivity contribution in [1.82, 2.24) is 0 Å². The highest BCUT2D eigenvalue weighted by molar-refractivity contribution is 5.08. The van der Waals surface area contributed by atoms with Crippen LogP contribution in [0.1, 0.15) is 127 Å². The summed E-state index contributed by atoms with van der Waals surface area (Å²) in [5, 5.41) is 7.57. The summed E-state index contributed by atoms with van der Waals surface area (Å²) >= 11 is 0. The molecular weight excluding hydrogens is 400 g/mol. The van der Waals surface area contributed by atoms with E-state index in [4.69, 9.17) is 5.11 Å². The summed E-state index contributed by atoms with van der Waals surface area (Å²) in [6.07, 6.45) is 26.2. The molecule has 1 N–H and O–H groups in total. The predicted molar refractivity (Wildman–Crippen MR) is 153 cm³/mol. The topological polar surface area (TPSA) is 20.2 Å². The van der Waals surface area contributed by atoms with Crippen LogP contribution in [0.15, 0.2) is 69.9 Å². The SMILES string of the molecule is CC(C)=CCC/C(C)=C/CC/C(C)=C/CC/C=C(\C)CC/C=C(\C)CCC=C(C)C.CCO. The van der Waals surface area contributed by atoms with Crippen LogP contribution >= 0.6 is 0 Å². The zero-order valence-corrected chi connectivity index (χ0v) is 23.7. The summed E-state index contributed by atoms with van der Waals surface area (Å²) in [5.74, 6) is 0. The highest BCUT2D eigenvalue weighted by atomic mass is 16.2. The minimum atomic E-state index is 0.250. The first-order chi connectivity index (χ1) is 15.6. The molecule has 0 aliphatic carbocycles. The van der Waals surface area contributed by atoms with Crippen molar-refractivity contribution in [3.05, 3.63) is 69.9 Å². The zero-order valence-electron chi connectivity index (χ0n) is 23.7. The zero-order chi connectivity index (χ0) is 25.5. The van der Waals surface area contributed by atoms with Gasteiger partial charge in [0, 0.05) is 6.61 Å². The van der Waals surface area contributed by atoms with E-state index in [0.29, 0.717) is 0 Å². The first-order valence-corrected chi connectivity index (χ1v) is 13.1. The van der Waals surface area contributed by atoms with Crippen LogP contribution in [0.2, 0.25) is 0 Å². The van der Waals surface area contributed by atoms with Gasteiger partial charge in [-0.2, -0.15) is 0 Å². The van der Waals surface area contributed by atoms with Gasteiger partial charge in [0.1, 0.15) is 0 Å². The molecule has 190 valence electrons. The predicted octanol–water partition coefficient (Wildman–Crippen LogP) is 10.6. The van der Waals surface area contributed by atoms with Gasteiger partial charge in [0.25, 0.3) is 0 Å². The summed E-state index contributed by atoms with van der Waals surface area (Å²) < 4.78 is 0. The van der Waals surface area contributed by atoms with Crippen molar-refractivity contribution >= 4 is 0 Å². The molecule has 0 aliphatic rings. The molecule has 0 spiro atoms. The number of hydrogen-bond acceptors (Lipinski definition) is 1. The van der Waals surface area contributed by atoms with E-state index in [1.54, 1.807) is 6.92 Å². The van der Waals surface area contributed by atoms with Crippen LogP contribution in [-0.4, -0.2) is 11.7 Å². The summed E-state index contributed by atoms with van der Waals surface area (Å²) in [7, 11) is 0. The van der Waals surface area contributed by atoms with E-state index in [0.717, 1.165) is 0 Å². The number of aliphatic hydroxyl groups is 1. The van der Waals surface area contributed by atoms with Crippen molar-refractivity contribution in [2.45, 2.75) is 127 Å². The fraction of sp³-hybridized carbons (Fsp3) is 0.625. The van der Waals surface area contributed by atoms with Crippen LogP contribution in [0.3, 0.4) is 0 Å². The molecule has 0 aromatic heterocycles. The van der Waals surface area contributed by atoms with Crippen LogP contribution in [-0.2, 0) is 0 Å². The lowest BCUT2D eigenvalue weighted by atomic mass is 10.0. The fourth-order valence-electron chi connectivity index (χ4n) is 3.34. The normalized spacial score (nSPS) is 12.8. The molecule has 1 nitrogen and oxygen atoms in total. The third-order valence-corrected chi connectivity index (χ3v) is 5.40. The molecule has 0 aromatic rings. The second-order valence-electron chi connectivity index (χ2n) is 9.81. The van der Waals surface area contributed by atoms with Crippen LogP contribution in [0.5, 0.6) is 0 Å². The molecule has 0 saturated carbocycles. The summed E-state index contributed by atoms with van der Waals surface area (Å²) in [5.41, 5.74) is 8.97. The number of rotatable bonds is 15. The van der Waals surface area contributed by atoms with E-state index in [2.05, 4.69) is 91.8 Å². The molecule has 0 heterocycles. The Morgan fingerprint density at radius 1 is 0.424 bits per heavy atom. The third-order valence-electron chi connectivity index (χ3n) is 5.40. The van der Waals surface area contributed by atoms with E-state index in [1.165, 1.54) is 97.6 Å². The molecule has 0 fully saturated rings. The molecule has 0 radical (unpaired) electrons. The lowest BCUT2D eigenvalue weighted by molar-refractivity contribution is 0.318. The monoisotopic (exact) mass is 456 g/mol. The van der Waals surface area contributed by atoms with Crippen molar-refractivity contribution in [2.75, 3.05) is 6.61 Å². The molecule has 0 aromatic carbocycles. The van der Waals surface area contributed by atoms with E-state index >= 15 is 0 Å². The highest BCUT2D eigenvalue weighted by Crippen LogP contribution is 2.14. The van der Waals surface area contributed by atoms with Crippen molar-refractivity contribution in [3.8, 4) is 0 Å². The van der Waals surface area contributed by atoms with Crippen molar-refractivity contribution in [1.29, 1.82) is 0 Å². The number of hydrogen-bond donors (Lipinski definition) is 1. The Bertz CT molecular complexity index is 599. The van der Waals surface area contributed by atoms with Gasteiger partial charge in [-0.25, -0.2) is 0 Å². The standard InChI is InChI=1S/C30H50.C2H6O/c1-25(2)15-11-19-29(7)23-13-21-27(5)17-9-10-18-28(6)22-14-24-30(8)20-12-16-26(3)4;1-2-3/h15-18,23-24H,9-14,19-22H2,1-8H3;3H,2H2,1H3/b27-17+,28-18+,29-23+,30-24+;. The second kappa shape index (κ2) is 23.6. The van der Waals surface area contributed by atoms with E-state index in [9.17, 15) is 0 Å². The molecule has 0 bridgehead atoms. The van der Waals surface area contributed by atoms with Gasteiger partial charge >= 0.3 is 0 Å². The van der Waals surface area contributed by atoms with Gasteiger partial charge in [-0.15, -0.1) is 0 Å². The van der Waals surface area contributed by atoms with Gasteiger partial charge in [0.05, 0.1) is 0 Å². The van der Waals surface area contributed by atoms with Gasteiger partial charge in [0.2, 0.25) is 0 Å². The van der Waals surface area contributed by atoms with Crippen molar-refractivity contribution < 1.29 is 5.11 Å². The molecule has 1 heteroatoms. The van der Waals surface area contributed by atoms with Gasteiger partial charge in [-0.3, -0.25) is 0 Å². The Labute approximate surface area is 208 Å². The van der Waals surface area contributed by atoms with Gasteiger partial charge < -0.3 is 5.11 Å². The number of allylic oxidation sites excluding steroid dienone is 12. The molecule has 0 unspecified atom stereocenters. The van der Waals surface area contributed by atoms with Crippen LogP contribution in [0, 0.1) is 0 Å². The smallest absolute Gasteiger partial charge is 0.0402 e. The third kappa shape index (κ3) is 28.4. The van der Waals surface area contributed by atoms with Crippen LogP contribution < -0.4 is 0 Å². The maximum absolute atomic E-state index is 7.57. The summed E-state index contributed by atoms with van der Waals surface area (Å²) in [6.45, 7) is 19.7. The van der Waals surface area contributed by atoms with Crippen molar-refractivity contribution in [3.63, 3.8) is 0 Å². The molecule has 0 atom stereocenters. The Kier molecular flexibility index (Phi) is 24.0. The average molecular weight is 457 g/mol. The molecule has 0 aliphatic heterocycles. The van der Waals surface area contributed by atoms with Gasteiger partial charge in [-0.1, -0.05) is 69.9 Å². The maximum atomic E-state index is 7.57. The number of unbranched alkanes of at least 4 members (excludes halogenated alkanes) is 1. The Morgan fingerprint density at radius 3 is 0.879 bits per heavy atom. The van der Waals surface area contributed by atoms with Crippen molar-refractivity contribution in [2.24, 2.45) is 0 Å². The van der Waals surface area contributed by atoms with Crippen LogP contribution in [0.4, 0.5) is 0 Å². The molecule has 0 amide bonds. The minimum Gasteiger partial charge on any atom is -0.397 e. The van der Waals surface area contributed by atoms with E-state index in [-0.39, 0.29) is 6.61 Å². The maximum Gasteiger partial charge on any atom is 0.0402 e. The molecule has 0 saturated heterocycles. The minimum absolute atomic E-state index is 0.250.